The molecule has 0 unspecified atom stereocenters. The molecule has 1 aromatic heterocycles. The molecular formula is C16H15FN2O. The summed E-state index contributed by atoms with van der Waals surface area (Å²) >= 11 is 0. The van der Waals surface area contributed by atoms with Gasteiger partial charge in [-0.2, -0.15) is 0 Å². The third-order valence-electron chi connectivity index (χ3n) is 3.41. The number of ether oxygens (including phenoxy) is 1. The first kappa shape index (κ1) is 12.5. The van der Waals surface area contributed by atoms with Crippen molar-refractivity contribution in [1.82, 2.24) is 4.57 Å². The minimum Gasteiger partial charge on any atom is -0.496 e. The SMILES string of the molecule is COc1cccc2c1ccn2Cc1ccc(N)c(F)c1. The maximum absolute atomic E-state index is 13.5. The van der Waals surface area contributed by atoms with E-state index in [0.29, 0.717) is 6.54 Å². The third kappa shape index (κ3) is 2.09. The van der Waals surface area contributed by atoms with Gasteiger partial charge in [0.1, 0.15) is 11.6 Å². The minimum absolute atomic E-state index is 0.174. The monoisotopic (exact) mass is 270 g/mol. The van der Waals surface area contributed by atoms with Crippen molar-refractivity contribution in [2.45, 2.75) is 6.54 Å². The van der Waals surface area contributed by atoms with Crippen molar-refractivity contribution in [3.63, 3.8) is 0 Å². The number of nitrogens with two attached hydrogens (primary N) is 1. The van der Waals surface area contributed by atoms with E-state index in [-0.39, 0.29) is 11.5 Å². The van der Waals surface area contributed by atoms with Crippen molar-refractivity contribution < 1.29 is 9.13 Å². The van der Waals surface area contributed by atoms with Gasteiger partial charge in [0, 0.05) is 18.1 Å². The van der Waals surface area contributed by atoms with Gasteiger partial charge < -0.3 is 15.0 Å². The first-order valence-corrected chi connectivity index (χ1v) is 6.35. The number of nitrogen functional groups attached to an aromatic ring is 1. The summed E-state index contributed by atoms with van der Waals surface area (Å²) in [4.78, 5) is 0. The van der Waals surface area contributed by atoms with Crippen LogP contribution in [0.3, 0.4) is 0 Å². The average Bonchev–Trinajstić information content (AvgIpc) is 2.86. The second-order valence-electron chi connectivity index (χ2n) is 4.69. The summed E-state index contributed by atoms with van der Waals surface area (Å²) in [6.07, 6.45) is 1.97. The van der Waals surface area contributed by atoms with Crippen molar-refractivity contribution in [2.24, 2.45) is 0 Å². The molecule has 1 heterocycles. The smallest absolute Gasteiger partial charge is 0.146 e. The fraction of sp³-hybridized carbons (Fsp3) is 0.125. The molecule has 20 heavy (non-hydrogen) atoms. The molecule has 2 N–H and O–H groups in total. The molecule has 2 aromatic carbocycles. The lowest BCUT2D eigenvalue weighted by molar-refractivity contribution is 0.420. The Bertz CT molecular complexity index is 764. The Morgan fingerprint density at radius 1 is 1.20 bits per heavy atom. The molecule has 3 rings (SSSR count). The zero-order chi connectivity index (χ0) is 14.1. The highest BCUT2D eigenvalue weighted by Crippen LogP contribution is 2.27. The van der Waals surface area contributed by atoms with Gasteiger partial charge in [0.15, 0.2) is 0 Å². The molecule has 0 radical (unpaired) electrons. The van der Waals surface area contributed by atoms with Crippen molar-refractivity contribution in [3.05, 3.63) is 60.0 Å². The van der Waals surface area contributed by atoms with E-state index in [0.717, 1.165) is 22.2 Å². The van der Waals surface area contributed by atoms with Gasteiger partial charge in [-0.1, -0.05) is 12.1 Å². The zero-order valence-corrected chi connectivity index (χ0v) is 11.1. The van der Waals surface area contributed by atoms with Crippen molar-refractivity contribution in [1.29, 1.82) is 0 Å². The number of benzene rings is 2. The van der Waals surface area contributed by atoms with Gasteiger partial charge in [-0.15, -0.1) is 0 Å². The Labute approximate surface area is 116 Å². The molecule has 0 aliphatic heterocycles. The summed E-state index contributed by atoms with van der Waals surface area (Å²) in [5.74, 6) is 0.460. The number of nitrogens with zero attached hydrogens (tertiary/aromatic N) is 1. The van der Waals surface area contributed by atoms with Gasteiger partial charge in [-0.25, -0.2) is 4.39 Å². The second-order valence-corrected chi connectivity index (χ2v) is 4.69. The Hall–Kier alpha value is -2.49. The molecule has 0 saturated carbocycles. The molecule has 0 bridgehead atoms. The number of rotatable bonds is 3. The van der Waals surface area contributed by atoms with Crippen LogP contribution in [-0.2, 0) is 6.54 Å². The average molecular weight is 270 g/mol. The minimum atomic E-state index is -0.378. The van der Waals surface area contributed by atoms with Crippen LogP contribution in [0.5, 0.6) is 5.75 Å². The molecular weight excluding hydrogens is 255 g/mol. The lowest BCUT2D eigenvalue weighted by atomic mass is 10.2. The number of hydrogen-bond donors (Lipinski definition) is 1. The zero-order valence-electron chi connectivity index (χ0n) is 11.1. The van der Waals surface area contributed by atoms with E-state index in [1.54, 1.807) is 13.2 Å². The molecule has 0 spiro atoms. The van der Waals surface area contributed by atoms with Crippen LogP contribution in [0.15, 0.2) is 48.7 Å². The highest BCUT2D eigenvalue weighted by Gasteiger charge is 2.07. The van der Waals surface area contributed by atoms with E-state index in [1.807, 2.05) is 36.5 Å². The number of anilines is 1. The van der Waals surface area contributed by atoms with Crippen molar-refractivity contribution >= 4 is 16.6 Å². The van der Waals surface area contributed by atoms with Crippen LogP contribution in [0.2, 0.25) is 0 Å². The number of hydrogen-bond acceptors (Lipinski definition) is 2. The third-order valence-corrected chi connectivity index (χ3v) is 3.41. The summed E-state index contributed by atoms with van der Waals surface area (Å²) in [5.41, 5.74) is 7.60. The standard InChI is InChI=1S/C16H15FN2O/c1-20-16-4-2-3-15-12(16)7-8-19(15)10-11-5-6-14(18)13(17)9-11/h2-9H,10,18H2,1H3. The molecule has 0 aliphatic rings. The fourth-order valence-corrected chi connectivity index (χ4v) is 2.38. The largest absolute Gasteiger partial charge is 0.496 e. The summed E-state index contributed by atoms with van der Waals surface area (Å²) in [6, 6.07) is 12.8. The van der Waals surface area contributed by atoms with Gasteiger partial charge in [-0.05, 0) is 35.9 Å². The van der Waals surface area contributed by atoms with Gasteiger partial charge in [0.25, 0.3) is 0 Å². The fourth-order valence-electron chi connectivity index (χ4n) is 2.38. The quantitative estimate of drug-likeness (QED) is 0.741. The number of aromatic nitrogens is 1. The van der Waals surface area contributed by atoms with Gasteiger partial charge >= 0.3 is 0 Å². The molecule has 3 aromatic rings. The highest BCUT2D eigenvalue weighted by atomic mass is 19.1. The predicted molar refractivity (Wildman–Crippen MR) is 78.4 cm³/mol. The Kier molecular flexibility index (Phi) is 3.06. The molecule has 0 atom stereocenters. The van der Waals surface area contributed by atoms with E-state index in [2.05, 4.69) is 4.57 Å². The predicted octanol–water partition coefficient (Wildman–Crippen LogP) is 3.42. The van der Waals surface area contributed by atoms with Gasteiger partial charge in [0.05, 0.1) is 18.3 Å². The molecule has 4 heteroatoms. The van der Waals surface area contributed by atoms with E-state index in [9.17, 15) is 4.39 Å². The lowest BCUT2D eigenvalue weighted by Crippen LogP contribution is -2.00. The van der Waals surface area contributed by atoms with Crippen LogP contribution in [-0.4, -0.2) is 11.7 Å². The second kappa shape index (κ2) is 4.89. The first-order chi connectivity index (χ1) is 9.69. The summed E-state index contributed by atoms with van der Waals surface area (Å²) in [6.45, 7) is 0.591. The van der Waals surface area contributed by atoms with Crippen molar-refractivity contribution in [3.8, 4) is 5.75 Å². The molecule has 0 amide bonds. The van der Waals surface area contributed by atoms with Gasteiger partial charge in [-0.3, -0.25) is 0 Å². The van der Waals surface area contributed by atoms with Crippen LogP contribution in [0.1, 0.15) is 5.56 Å². The van der Waals surface area contributed by atoms with E-state index in [4.69, 9.17) is 10.5 Å². The summed E-state index contributed by atoms with van der Waals surface area (Å²) < 4.78 is 20.9. The maximum atomic E-state index is 13.5. The molecule has 0 aliphatic carbocycles. The normalized spacial score (nSPS) is 10.9. The number of fused-ring (bicyclic) bond motifs is 1. The van der Waals surface area contributed by atoms with E-state index >= 15 is 0 Å². The van der Waals surface area contributed by atoms with Crippen LogP contribution in [0.25, 0.3) is 10.9 Å². The lowest BCUT2D eigenvalue weighted by Gasteiger charge is -2.08. The topological polar surface area (TPSA) is 40.2 Å². The Morgan fingerprint density at radius 2 is 2.05 bits per heavy atom. The van der Waals surface area contributed by atoms with Crippen LogP contribution >= 0.6 is 0 Å². The highest BCUT2D eigenvalue weighted by molar-refractivity contribution is 5.86. The van der Waals surface area contributed by atoms with E-state index in [1.165, 1.54) is 6.07 Å². The first-order valence-electron chi connectivity index (χ1n) is 6.35. The maximum Gasteiger partial charge on any atom is 0.146 e. The summed E-state index contributed by atoms with van der Waals surface area (Å²) in [5, 5.41) is 1.05. The van der Waals surface area contributed by atoms with Gasteiger partial charge in [0.2, 0.25) is 0 Å². The molecule has 0 fully saturated rings. The van der Waals surface area contributed by atoms with Crippen LogP contribution in [0.4, 0.5) is 10.1 Å². The molecule has 3 nitrogen and oxygen atoms in total. The van der Waals surface area contributed by atoms with E-state index < -0.39 is 0 Å². The summed E-state index contributed by atoms with van der Waals surface area (Å²) in [7, 11) is 1.65. The van der Waals surface area contributed by atoms with Crippen molar-refractivity contribution in [2.75, 3.05) is 12.8 Å². The molecule has 0 saturated heterocycles. The molecule has 102 valence electrons. The number of halogens is 1. The van der Waals surface area contributed by atoms with Crippen LogP contribution in [0, 0.1) is 5.82 Å². The Balaban J connectivity index is 2.00. The van der Waals surface area contributed by atoms with Crippen LogP contribution < -0.4 is 10.5 Å². The number of methoxy groups -OCH3 is 1. The Morgan fingerprint density at radius 3 is 2.80 bits per heavy atom.